The zero-order chi connectivity index (χ0) is 13.9. The average Bonchev–Trinajstić information content (AvgIpc) is 2.29. The molecule has 1 rings (SSSR count). The Labute approximate surface area is 104 Å². The molecule has 2 amide bonds. The second kappa shape index (κ2) is 5.29. The highest BCUT2D eigenvalue weighted by Crippen LogP contribution is 2.31. The first-order chi connectivity index (χ1) is 8.25. The predicted molar refractivity (Wildman–Crippen MR) is 63.5 cm³/mol. The molecule has 0 radical (unpaired) electrons. The van der Waals surface area contributed by atoms with E-state index < -0.39 is 11.7 Å². The molecule has 0 atom stereocenters. The number of nitrogens with one attached hydrogen (secondary N) is 1. The van der Waals surface area contributed by atoms with Crippen LogP contribution < -0.4 is 5.32 Å². The van der Waals surface area contributed by atoms with Gasteiger partial charge in [-0.15, -0.1) is 0 Å². The number of hydrogen-bond donors (Lipinski definition) is 1. The Bertz CT molecular complexity index is 443. The molecule has 0 unspecified atom stereocenters. The van der Waals surface area contributed by atoms with Crippen LogP contribution >= 0.6 is 0 Å². The summed E-state index contributed by atoms with van der Waals surface area (Å²) in [5, 5.41) is 2.56. The van der Waals surface area contributed by atoms with Crippen molar-refractivity contribution in [3.8, 4) is 0 Å². The Kier molecular flexibility index (Phi) is 4.21. The smallest absolute Gasteiger partial charge is 0.328 e. The molecule has 18 heavy (non-hydrogen) atoms. The third-order valence-corrected chi connectivity index (χ3v) is 2.62. The molecule has 0 fully saturated rings. The van der Waals surface area contributed by atoms with Gasteiger partial charge in [0.05, 0.1) is 5.56 Å². The van der Waals surface area contributed by atoms with Crippen molar-refractivity contribution in [3.63, 3.8) is 0 Å². The number of halogens is 3. The monoisotopic (exact) mass is 260 g/mol. The number of benzene rings is 1. The molecule has 0 aliphatic carbocycles. The lowest BCUT2D eigenvalue weighted by molar-refractivity contribution is -0.137. The van der Waals surface area contributed by atoms with E-state index in [4.69, 9.17) is 0 Å². The quantitative estimate of drug-likeness (QED) is 0.867. The number of nitrogens with zero attached hydrogens (tertiary/aromatic N) is 1. The number of hydrogen-bond acceptors (Lipinski definition) is 1. The van der Waals surface area contributed by atoms with Crippen molar-refractivity contribution < 1.29 is 18.0 Å². The number of carbonyl (C=O) groups excluding carboxylic acids is 1. The fraction of sp³-hybridized carbons (Fsp3) is 0.417. The van der Waals surface area contributed by atoms with E-state index in [-0.39, 0.29) is 6.03 Å². The predicted octanol–water partition coefficient (Wildman–Crippen LogP) is 3.50. The average molecular weight is 260 g/mol. The van der Waals surface area contributed by atoms with Crippen LogP contribution in [-0.4, -0.2) is 24.5 Å². The minimum absolute atomic E-state index is 0.347. The van der Waals surface area contributed by atoms with E-state index in [0.717, 1.165) is 12.1 Å². The zero-order valence-corrected chi connectivity index (χ0v) is 10.4. The molecule has 0 saturated heterocycles. The first-order valence-electron chi connectivity index (χ1n) is 5.45. The SMILES string of the molecule is CCN(C)C(=O)Nc1ccc(C(F)(F)F)cc1C. The maximum atomic E-state index is 12.4. The van der Waals surface area contributed by atoms with Gasteiger partial charge in [0.15, 0.2) is 0 Å². The van der Waals surface area contributed by atoms with E-state index in [0.29, 0.717) is 17.8 Å². The molecule has 1 aromatic rings. The molecule has 1 aromatic carbocycles. The number of rotatable bonds is 2. The maximum absolute atomic E-state index is 12.4. The van der Waals surface area contributed by atoms with Gasteiger partial charge in [-0.2, -0.15) is 13.2 Å². The number of alkyl halides is 3. The maximum Gasteiger partial charge on any atom is 0.416 e. The summed E-state index contributed by atoms with van der Waals surface area (Å²) >= 11 is 0. The third-order valence-electron chi connectivity index (χ3n) is 2.62. The summed E-state index contributed by atoms with van der Waals surface area (Å²) in [5.74, 6) is 0. The highest BCUT2D eigenvalue weighted by atomic mass is 19.4. The van der Waals surface area contributed by atoms with Crippen LogP contribution in [0.2, 0.25) is 0 Å². The van der Waals surface area contributed by atoms with Crippen molar-refractivity contribution in [3.05, 3.63) is 29.3 Å². The van der Waals surface area contributed by atoms with Crippen molar-refractivity contribution in [2.45, 2.75) is 20.0 Å². The van der Waals surface area contributed by atoms with Crippen LogP contribution in [0.5, 0.6) is 0 Å². The summed E-state index contributed by atoms with van der Waals surface area (Å²) in [6.07, 6.45) is -4.37. The normalized spacial score (nSPS) is 11.2. The van der Waals surface area contributed by atoms with Gasteiger partial charge in [0.2, 0.25) is 0 Å². The first-order valence-corrected chi connectivity index (χ1v) is 5.45. The van der Waals surface area contributed by atoms with E-state index >= 15 is 0 Å². The standard InChI is InChI=1S/C12H15F3N2O/c1-4-17(3)11(18)16-10-6-5-9(7-8(10)2)12(13,14)15/h5-7H,4H2,1-3H3,(H,16,18). The van der Waals surface area contributed by atoms with Gasteiger partial charge in [0.1, 0.15) is 0 Å². The van der Waals surface area contributed by atoms with Crippen LogP contribution in [0.25, 0.3) is 0 Å². The van der Waals surface area contributed by atoms with E-state index in [9.17, 15) is 18.0 Å². The summed E-state index contributed by atoms with van der Waals surface area (Å²) in [4.78, 5) is 13.0. The van der Waals surface area contributed by atoms with Gasteiger partial charge < -0.3 is 10.2 Å². The molecule has 6 heteroatoms. The molecule has 100 valence electrons. The molecule has 0 aliphatic heterocycles. The fourth-order valence-corrected chi connectivity index (χ4v) is 1.33. The van der Waals surface area contributed by atoms with Gasteiger partial charge in [-0.1, -0.05) is 0 Å². The van der Waals surface area contributed by atoms with Crippen LogP contribution in [0.4, 0.5) is 23.7 Å². The van der Waals surface area contributed by atoms with Crippen molar-refractivity contribution in [1.82, 2.24) is 4.90 Å². The lowest BCUT2D eigenvalue weighted by atomic mass is 10.1. The number of aryl methyl sites for hydroxylation is 1. The summed E-state index contributed by atoms with van der Waals surface area (Å²) in [7, 11) is 1.61. The minimum atomic E-state index is -4.37. The topological polar surface area (TPSA) is 32.3 Å². The number of amides is 2. The number of anilines is 1. The van der Waals surface area contributed by atoms with Crippen LogP contribution in [0, 0.1) is 6.92 Å². The molecule has 3 nitrogen and oxygen atoms in total. The summed E-state index contributed by atoms with van der Waals surface area (Å²) in [6, 6.07) is 2.88. The summed E-state index contributed by atoms with van der Waals surface area (Å²) in [6.45, 7) is 3.85. The fourth-order valence-electron chi connectivity index (χ4n) is 1.33. The Morgan fingerprint density at radius 2 is 2.00 bits per heavy atom. The zero-order valence-electron chi connectivity index (χ0n) is 10.4. The van der Waals surface area contributed by atoms with E-state index in [1.165, 1.54) is 17.9 Å². The molecular formula is C12H15F3N2O. The van der Waals surface area contributed by atoms with E-state index in [1.807, 2.05) is 0 Å². The number of urea groups is 1. The van der Waals surface area contributed by atoms with Crippen molar-refractivity contribution in [1.29, 1.82) is 0 Å². The first kappa shape index (κ1) is 14.3. The van der Waals surface area contributed by atoms with Crippen molar-refractivity contribution in [2.75, 3.05) is 18.9 Å². The molecule has 0 bridgehead atoms. The van der Waals surface area contributed by atoms with Crippen LogP contribution in [0.15, 0.2) is 18.2 Å². The Morgan fingerprint density at radius 3 is 2.44 bits per heavy atom. The second-order valence-electron chi connectivity index (χ2n) is 3.97. The van der Waals surface area contributed by atoms with Gasteiger partial charge in [-0.3, -0.25) is 0 Å². The minimum Gasteiger partial charge on any atom is -0.328 e. The van der Waals surface area contributed by atoms with E-state index in [1.54, 1.807) is 14.0 Å². The molecule has 0 aromatic heterocycles. The lowest BCUT2D eigenvalue weighted by Gasteiger charge is -2.17. The van der Waals surface area contributed by atoms with Gasteiger partial charge in [0, 0.05) is 19.3 Å². The van der Waals surface area contributed by atoms with Crippen LogP contribution in [0.3, 0.4) is 0 Å². The molecule has 1 N–H and O–H groups in total. The van der Waals surface area contributed by atoms with Gasteiger partial charge in [-0.05, 0) is 37.6 Å². The highest BCUT2D eigenvalue weighted by molar-refractivity contribution is 5.89. The molecule has 0 heterocycles. The van der Waals surface area contributed by atoms with Crippen LogP contribution in [0.1, 0.15) is 18.1 Å². The molecule has 0 spiro atoms. The van der Waals surface area contributed by atoms with Gasteiger partial charge >= 0.3 is 12.2 Å². The Morgan fingerprint density at radius 1 is 1.39 bits per heavy atom. The van der Waals surface area contributed by atoms with Crippen molar-refractivity contribution in [2.24, 2.45) is 0 Å². The summed E-state index contributed by atoms with van der Waals surface area (Å²) < 4.78 is 37.3. The van der Waals surface area contributed by atoms with E-state index in [2.05, 4.69) is 5.32 Å². The highest BCUT2D eigenvalue weighted by Gasteiger charge is 2.30. The second-order valence-corrected chi connectivity index (χ2v) is 3.97. The van der Waals surface area contributed by atoms with Gasteiger partial charge in [-0.25, -0.2) is 4.79 Å². The molecular weight excluding hydrogens is 245 g/mol. The molecule has 0 aliphatic rings. The van der Waals surface area contributed by atoms with Crippen molar-refractivity contribution >= 4 is 11.7 Å². The Balaban J connectivity index is 2.90. The lowest BCUT2D eigenvalue weighted by Crippen LogP contribution is -2.31. The number of carbonyl (C=O) groups is 1. The van der Waals surface area contributed by atoms with Gasteiger partial charge in [0.25, 0.3) is 0 Å². The molecule has 0 saturated carbocycles. The van der Waals surface area contributed by atoms with Crippen LogP contribution in [-0.2, 0) is 6.18 Å². The third kappa shape index (κ3) is 3.38. The Hall–Kier alpha value is -1.72. The largest absolute Gasteiger partial charge is 0.416 e. The summed E-state index contributed by atoms with van der Waals surface area (Å²) in [5.41, 5.74) is 0.0397.